The number of anilines is 6. The van der Waals surface area contributed by atoms with Crippen LogP contribution in [0.3, 0.4) is 0 Å². The Bertz CT molecular complexity index is 2950. The van der Waals surface area contributed by atoms with Crippen molar-refractivity contribution in [1.29, 1.82) is 0 Å². The van der Waals surface area contributed by atoms with Crippen molar-refractivity contribution in [3.05, 3.63) is 191 Å². The van der Waals surface area contributed by atoms with Gasteiger partial charge in [-0.05, 0) is 156 Å². The number of hydrogen-bond donors (Lipinski definition) is 0. The summed E-state index contributed by atoms with van der Waals surface area (Å²) in [5.74, 6) is 0. The molecular formula is C53H44N2S. The highest BCUT2D eigenvalue weighted by atomic mass is 32.1. The Kier molecular flexibility index (Phi) is 7.95. The van der Waals surface area contributed by atoms with Crippen LogP contribution in [0, 0.1) is 27.7 Å². The highest BCUT2D eigenvalue weighted by molar-refractivity contribution is 7.26. The van der Waals surface area contributed by atoms with Crippen LogP contribution >= 0.6 is 11.3 Å². The fourth-order valence-corrected chi connectivity index (χ4v) is 10.6. The van der Waals surface area contributed by atoms with E-state index in [1.165, 1.54) is 98.2 Å². The first-order valence-electron chi connectivity index (χ1n) is 19.6. The molecule has 0 amide bonds. The molecule has 56 heavy (non-hydrogen) atoms. The van der Waals surface area contributed by atoms with E-state index in [9.17, 15) is 0 Å². The Hall–Kier alpha value is -6.16. The molecule has 1 heterocycles. The largest absolute Gasteiger partial charge is 0.310 e. The predicted molar refractivity (Wildman–Crippen MR) is 243 cm³/mol. The second-order valence-electron chi connectivity index (χ2n) is 16.2. The Morgan fingerprint density at radius 3 is 1.64 bits per heavy atom. The van der Waals surface area contributed by atoms with Crippen LogP contribution in [0.5, 0.6) is 0 Å². The van der Waals surface area contributed by atoms with E-state index in [0.29, 0.717) is 0 Å². The minimum absolute atomic E-state index is 0.210. The maximum Gasteiger partial charge on any atom is 0.0647 e. The number of thiophene rings is 1. The summed E-state index contributed by atoms with van der Waals surface area (Å²) in [4.78, 5) is 4.90. The zero-order valence-electron chi connectivity index (χ0n) is 32.8. The number of fused-ring (bicyclic) bond motifs is 9. The molecule has 0 N–H and O–H groups in total. The Balaban J connectivity index is 1.26. The number of benzene rings is 8. The summed E-state index contributed by atoms with van der Waals surface area (Å²) in [5, 5.41) is 5.25. The fraction of sp³-hybridized carbons (Fsp3) is 0.132. The van der Waals surface area contributed by atoms with Crippen molar-refractivity contribution in [3.8, 4) is 11.1 Å². The van der Waals surface area contributed by atoms with Crippen LogP contribution in [0.2, 0.25) is 0 Å². The number of aryl methyl sites for hydroxylation is 4. The summed E-state index contributed by atoms with van der Waals surface area (Å²) in [5.41, 5.74) is 17.3. The van der Waals surface area contributed by atoms with Crippen LogP contribution in [0.25, 0.3) is 42.1 Å². The van der Waals surface area contributed by atoms with Crippen LogP contribution in [-0.4, -0.2) is 0 Å². The van der Waals surface area contributed by atoms with Crippen molar-refractivity contribution in [3.63, 3.8) is 0 Å². The zero-order chi connectivity index (χ0) is 38.3. The molecule has 0 atom stereocenters. The monoisotopic (exact) mass is 740 g/mol. The molecule has 1 aliphatic carbocycles. The van der Waals surface area contributed by atoms with Crippen molar-refractivity contribution in [2.24, 2.45) is 0 Å². The van der Waals surface area contributed by atoms with Gasteiger partial charge in [0.25, 0.3) is 0 Å². The Labute approximate surface area is 333 Å². The van der Waals surface area contributed by atoms with E-state index in [1.807, 2.05) is 11.3 Å². The van der Waals surface area contributed by atoms with Crippen molar-refractivity contribution in [2.45, 2.75) is 47.0 Å². The molecule has 3 heteroatoms. The highest BCUT2D eigenvalue weighted by Gasteiger charge is 2.38. The average molecular weight is 741 g/mol. The van der Waals surface area contributed by atoms with Gasteiger partial charge in [-0.2, -0.15) is 0 Å². The average Bonchev–Trinajstić information content (AvgIpc) is 3.68. The number of rotatable bonds is 6. The maximum absolute atomic E-state index is 2.50. The number of para-hydroxylation sites is 2. The second kappa shape index (κ2) is 13.0. The molecule has 0 unspecified atom stereocenters. The van der Waals surface area contributed by atoms with Gasteiger partial charge >= 0.3 is 0 Å². The molecule has 0 saturated heterocycles. The van der Waals surface area contributed by atoms with Gasteiger partial charge in [0, 0.05) is 49.3 Å². The Morgan fingerprint density at radius 1 is 0.429 bits per heavy atom. The minimum Gasteiger partial charge on any atom is -0.310 e. The van der Waals surface area contributed by atoms with E-state index in [0.717, 1.165) is 11.4 Å². The van der Waals surface area contributed by atoms with E-state index < -0.39 is 0 Å². The molecule has 0 radical (unpaired) electrons. The van der Waals surface area contributed by atoms with Gasteiger partial charge in [0.1, 0.15) is 0 Å². The van der Waals surface area contributed by atoms with E-state index in [1.54, 1.807) is 0 Å². The van der Waals surface area contributed by atoms with Gasteiger partial charge in [0.2, 0.25) is 0 Å². The molecule has 8 aromatic carbocycles. The summed E-state index contributed by atoms with van der Waals surface area (Å²) in [6.45, 7) is 13.6. The summed E-state index contributed by atoms with van der Waals surface area (Å²) in [6.07, 6.45) is 0. The van der Waals surface area contributed by atoms with E-state index in [-0.39, 0.29) is 5.41 Å². The van der Waals surface area contributed by atoms with Crippen molar-refractivity contribution in [1.82, 2.24) is 0 Å². The summed E-state index contributed by atoms with van der Waals surface area (Å²) < 4.78 is 2.62. The summed E-state index contributed by atoms with van der Waals surface area (Å²) >= 11 is 1.90. The van der Waals surface area contributed by atoms with Gasteiger partial charge in [0.15, 0.2) is 0 Å². The zero-order valence-corrected chi connectivity index (χ0v) is 33.6. The van der Waals surface area contributed by atoms with Crippen LogP contribution in [0.15, 0.2) is 158 Å². The molecular weight excluding hydrogens is 697 g/mol. The molecule has 10 rings (SSSR count). The Morgan fingerprint density at radius 2 is 1.00 bits per heavy atom. The standard InChI is InChI=1S/C53H44N2S/c1-33-25-34(2)28-40(27-33)54(37-15-9-7-10-16-37)39-21-22-43-47(31-39)53(5,6)46-24-23-42-45(50(43)46)32-48(52-51(42)44-19-13-14-20-49(44)56-52)55(38-17-11-8-12-18-38)41-29-35(3)26-36(4)30-41/h7-32H,1-6H3. The lowest BCUT2D eigenvalue weighted by atomic mass is 9.81. The third-order valence-corrected chi connectivity index (χ3v) is 12.9. The molecule has 0 spiro atoms. The number of nitrogens with zero attached hydrogens (tertiary/aromatic N) is 2. The van der Waals surface area contributed by atoms with Crippen LogP contribution in [0.4, 0.5) is 34.1 Å². The molecule has 1 aromatic heterocycles. The highest BCUT2D eigenvalue weighted by Crippen LogP contribution is 2.56. The minimum atomic E-state index is -0.210. The molecule has 0 aliphatic heterocycles. The van der Waals surface area contributed by atoms with Gasteiger partial charge in [-0.1, -0.05) is 98.8 Å². The predicted octanol–water partition coefficient (Wildman–Crippen LogP) is 15.7. The van der Waals surface area contributed by atoms with Gasteiger partial charge in [-0.15, -0.1) is 11.3 Å². The van der Waals surface area contributed by atoms with Crippen LogP contribution in [-0.2, 0) is 5.41 Å². The van der Waals surface area contributed by atoms with Gasteiger partial charge < -0.3 is 9.80 Å². The first-order valence-corrected chi connectivity index (χ1v) is 20.4. The molecule has 1 aliphatic rings. The smallest absolute Gasteiger partial charge is 0.0647 e. The van der Waals surface area contributed by atoms with Crippen molar-refractivity contribution < 1.29 is 0 Å². The first kappa shape index (κ1) is 34.3. The number of hydrogen-bond acceptors (Lipinski definition) is 3. The topological polar surface area (TPSA) is 6.48 Å². The lowest BCUT2D eigenvalue weighted by Gasteiger charge is -2.28. The maximum atomic E-state index is 2.50. The quantitative estimate of drug-likeness (QED) is 0.167. The van der Waals surface area contributed by atoms with E-state index >= 15 is 0 Å². The molecule has 2 nitrogen and oxygen atoms in total. The molecule has 9 aromatic rings. The summed E-state index contributed by atoms with van der Waals surface area (Å²) in [7, 11) is 0. The van der Waals surface area contributed by atoms with Gasteiger partial charge in [-0.3, -0.25) is 0 Å². The van der Waals surface area contributed by atoms with Crippen molar-refractivity contribution >= 4 is 76.4 Å². The third-order valence-electron chi connectivity index (χ3n) is 11.7. The molecule has 272 valence electrons. The van der Waals surface area contributed by atoms with Gasteiger partial charge in [0.05, 0.1) is 10.4 Å². The SMILES string of the molecule is Cc1cc(C)cc(N(c2ccccc2)c2ccc3c(c2)C(C)(C)c2ccc4c(cc(N(c5ccccc5)c5cc(C)cc(C)c5)c5sc6ccccc6c54)c2-3)c1. The first-order chi connectivity index (χ1) is 27.2. The lowest BCUT2D eigenvalue weighted by Crippen LogP contribution is -2.16. The fourth-order valence-electron chi connectivity index (χ4n) is 9.40. The van der Waals surface area contributed by atoms with Crippen LogP contribution < -0.4 is 9.80 Å². The summed E-state index contributed by atoms with van der Waals surface area (Å²) in [6, 6.07) is 58.9. The van der Waals surface area contributed by atoms with Gasteiger partial charge in [-0.25, -0.2) is 0 Å². The molecule has 0 bridgehead atoms. The third kappa shape index (κ3) is 5.44. The van der Waals surface area contributed by atoms with Crippen molar-refractivity contribution in [2.75, 3.05) is 9.80 Å². The second-order valence-corrected chi connectivity index (χ2v) is 17.2. The lowest BCUT2D eigenvalue weighted by molar-refractivity contribution is 0.661. The van der Waals surface area contributed by atoms with Crippen LogP contribution in [0.1, 0.15) is 47.2 Å². The molecule has 0 saturated carbocycles. The van der Waals surface area contributed by atoms with E-state index in [2.05, 4.69) is 209 Å². The molecule has 0 fully saturated rings. The normalized spacial score (nSPS) is 13.0. The van der Waals surface area contributed by atoms with E-state index in [4.69, 9.17) is 0 Å².